The van der Waals surface area contributed by atoms with E-state index >= 15 is 0 Å². The van der Waals surface area contributed by atoms with Gasteiger partial charge in [0.25, 0.3) is 0 Å². The van der Waals surface area contributed by atoms with Crippen molar-refractivity contribution in [3.63, 3.8) is 0 Å². The molecule has 1 aromatic rings. The SMILES string of the molecule is CCC(C)C(=O)N/N=C/c1ccccn1. The standard InChI is InChI=1S/C11H15N3O/c1-3-9(2)11(15)14-13-8-10-6-4-5-7-12-10/h4-9H,3H2,1-2H3,(H,14,15)/b13-8+. The molecule has 1 N–H and O–H groups in total. The lowest BCUT2D eigenvalue weighted by Crippen LogP contribution is -2.24. The molecule has 80 valence electrons. The lowest BCUT2D eigenvalue weighted by atomic mass is 10.1. The number of hydrazone groups is 1. The molecule has 1 rings (SSSR count). The summed E-state index contributed by atoms with van der Waals surface area (Å²) in [6.45, 7) is 3.83. The van der Waals surface area contributed by atoms with E-state index < -0.39 is 0 Å². The normalized spacial score (nSPS) is 12.7. The molecule has 1 atom stereocenters. The van der Waals surface area contributed by atoms with Crippen molar-refractivity contribution in [3.8, 4) is 0 Å². The molecule has 1 amide bonds. The fraction of sp³-hybridized carbons (Fsp3) is 0.364. The Kier molecular flexibility index (Phi) is 4.47. The van der Waals surface area contributed by atoms with Gasteiger partial charge in [0.1, 0.15) is 0 Å². The van der Waals surface area contributed by atoms with Crippen LogP contribution >= 0.6 is 0 Å². The van der Waals surface area contributed by atoms with Crippen LogP contribution in [0.4, 0.5) is 0 Å². The van der Waals surface area contributed by atoms with E-state index in [0.29, 0.717) is 0 Å². The van der Waals surface area contributed by atoms with Gasteiger partial charge in [-0.2, -0.15) is 5.10 Å². The largest absolute Gasteiger partial charge is 0.273 e. The van der Waals surface area contributed by atoms with E-state index in [9.17, 15) is 4.79 Å². The van der Waals surface area contributed by atoms with Gasteiger partial charge in [0.15, 0.2) is 0 Å². The molecular weight excluding hydrogens is 190 g/mol. The summed E-state index contributed by atoms with van der Waals surface area (Å²) in [5.41, 5.74) is 3.20. The highest BCUT2D eigenvalue weighted by Crippen LogP contribution is 1.99. The van der Waals surface area contributed by atoms with Crippen LogP contribution in [0, 0.1) is 5.92 Å². The maximum absolute atomic E-state index is 11.3. The zero-order valence-electron chi connectivity index (χ0n) is 8.97. The first kappa shape index (κ1) is 11.4. The third-order valence-electron chi connectivity index (χ3n) is 2.12. The third-order valence-corrected chi connectivity index (χ3v) is 2.12. The van der Waals surface area contributed by atoms with Crippen LogP contribution in [0.15, 0.2) is 29.5 Å². The number of hydrogen-bond donors (Lipinski definition) is 1. The second-order valence-electron chi connectivity index (χ2n) is 3.30. The average molecular weight is 205 g/mol. The fourth-order valence-electron chi connectivity index (χ4n) is 0.910. The van der Waals surface area contributed by atoms with Crippen LogP contribution in [0.1, 0.15) is 26.0 Å². The summed E-state index contributed by atoms with van der Waals surface area (Å²) in [6, 6.07) is 5.51. The number of aromatic nitrogens is 1. The molecule has 0 aliphatic rings. The van der Waals surface area contributed by atoms with E-state index in [1.807, 2.05) is 32.0 Å². The summed E-state index contributed by atoms with van der Waals surface area (Å²) in [5.74, 6) is -0.0736. The molecule has 1 unspecified atom stereocenters. The van der Waals surface area contributed by atoms with E-state index in [1.165, 1.54) is 6.21 Å². The van der Waals surface area contributed by atoms with Gasteiger partial charge in [-0.3, -0.25) is 9.78 Å². The highest BCUT2D eigenvalue weighted by atomic mass is 16.2. The minimum Gasteiger partial charge on any atom is -0.273 e. The summed E-state index contributed by atoms with van der Waals surface area (Å²) in [7, 11) is 0. The number of carbonyl (C=O) groups is 1. The van der Waals surface area contributed by atoms with E-state index in [1.54, 1.807) is 6.20 Å². The van der Waals surface area contributed by atoms with Crippen molar-refractivity contribution >= 4 is 12.1 Å². The van der Waals surface area contributed by atoms with Gasteiger partial charge in [-0.05, 0) is 18.6 Å². The lowest BCUT2D eigenvalue weighted by molar-refractivity contribution is -0.124. The van der Waals surface area contributed by atoms with Crippen LogP contribution in [-0.2, 0) is 4.79 Å². The molecule has 0 saturated heterocycles. The predicted octanol–water partition coefficient (Wildman–Crippen LogP) is 1.58. The van der Waals surface area contributed by atoms with Gasteiger partial charge in [-0.15, -0.1) is 0 Å². The Balaban J connectivity index is 2.44. The molecule has 0 aliphatic heterocycles. The molecule has 0 bridgehead atoms. The van der Waals surface area contributed by atoms with Crippen molar-refractivity contribution in [2.75, 3.05) is 0 Å². The zero-order chi connectivity index (χ0) is 11.1. The first-order valence-electron chi connectivity index (χ1n) is 4.98. The monoisotopic (exact) mass is 205 g/mol. The van der Waals surface area contributed by atoms with Crippen LogP contribution in [0.25, 0.3) is 0 Å². The van der Waals surface area contributed by atoms with Crippen molar-refractivity contribution in [2.45, 2.75) is 20.3 Å². The van der Waals surface area contributed by atoms with E-state index in [2.05, 4.69) is 15.5 Å². The Labute approximate surface area is 89.4 Å². The highest BCUT2D eigenvalue weighted by molar-refractivity contribution is 5.81. The number of pyridine rings is 1. The topological polar surface area (TPSA) is 54.4 Å². The molecule has 0 aliphatic carbocycles. The Bertz CT molecular complexity index is 335. The van der Waals surface area contributed by atoms with Crippen LogP contribution in [-0.4, -0.2) is 17.1 Å². The van der Waals surface area contributed by atoms with E-state index in [4.69, 9.17) is 0 Å². The van der Waals surface area contributed by atoms with Gasteiger partial charge >= 0.3 is 0 Å². The van der Waals surface area contributed by atoms with Gasteiger partial charge < -0.3 is 0 Å². The number of hydrogen-bond acceptors (Lipinski definition) is 3. The molecule has 15 heavy (non-hydrogen) atoms. The second kappa shape index (κ2) is 5.90. The summed E-state index contributed by atoms with van der Waals surface area (Å²) < 4.78 is 0. The molecule has 0 fully saturated rings. The molecule has 4 nitrogen and oxygen atoms in total. The third kappa shape index (κ3) is 3.89. The summed E-state index contributed by atoms with van der Waals surface area (Å²) >= 11 is 0. The molecular formula is C11H15N3O. The minimum atomic E-state index is -0.0651. The van der Waals surface area contributed by atoms with Crippen LogP contribution < -0.4 is 5.43 Å². The number of nitrogens with zero attached hydrogens (tertiary/aromatic N) is 2. The maximum atomic E-state index is 11.3. The van der Waals surface area contributed by atoms with Crippen LogP contribution in [0.5, 0.6) is 0 Å². The number of amides is 1. The first-order chi connectivity index (χ1) is 7.24. The van der Waals surface area contributed by atoms with Gasteiger partial charge in [-0.1, -0.05) is 19.9 Å². The Morgan fingerprint density at radius 3 is 3.07 bits per heavy atom. The van der Waals surface area contributed by atoms with Gasteiger partial charge in [-0.25, -0.2) is 5.43 Å². The molecule has 0 radical (unpaired) electrons. The van der Waals surface area contributed by atoms with Crippen molar-refractivity contribution in [2.24, 2.45) is 11.0 Å². The molecule has 1 heterocycles. The van der Waals surface area contributed by atoms with Gasteiger partial charge in [0.2, 0.25) is 5.91 Å². The maximum Gasteiger partial charge on any atom is 0.242 e. The van der Waals surface area contributed by atoms with Crippen LogP contribution in [0.2, 0.25) is 0 Å². The highest BCUT2D eigenvalue weighted by Gasteiger charge is 2.07. The van der Waals surface area contributed by atoms with Crippen molar-refractivity contribution < 1.29 is 4.79 Å². The second-order valence-corrected chi connectivity index (χ2v) is 3.30. The molecule has 0 aromatic carbocycles. The molecule has 0 saturated carbocycles. The Hall–Kier alpha value is -1.71. The number of nitrogens with one attached hydrogen (secondary N) is 1. The zero-order valence-corrected chi connectivity index (χ0v) is 8.97. The summed E-state index contributed by atoms with van der Waals surface area (Å²) in [4.78, 5) is 15.4. The van der Waals surface area contributed by atoms with Gasteiger partial charge in [0, 0.05) is 12.1 Å². The summed E-state index contributed by atoms with van der Waals surface area (Å²) in [6.07, 6.45) is 4.02. The minimum absolute atomic E-state index is 0.00844. The molecule has 4 heteroatoms. The average Bonchev–Trinajstić information content (AvgIpc) is 2.29. The Morgan fingerprint density at radius 1 is 1.67 bits per heavy atom. The number of carbonyl (C=O) groups excluding carboxylic acids is 1. The van der Waals surface area contributed by atoms with Gasteiger partial charge in [0.05, 0.1) is 11.9 Å². The van der Waals surface area contributed by atoms with Crippen molar-refractivity contribution in [1.29, 1.82) is 0 Å². The number of rotatable bonds is 4. The molecule has 1 aromatic heterocycles. The first-order valence-corrected chi connectivity index (χ1v) is 4.98. The van der Waals surface area contributed by atoms with Crippen molar-refractivity contribution in [1.82, 2.24) is 10.4 Å². The Morgan fingerprint density at radius 2 is 2.47 bits per heavy atom. The fourth-order valence-corrected chi connectivity index (χ4v) is 0.910. The smallest absolute Gasteiger partial charge is 0.242 e. The van der Waals surface area contributed by atoms with Crippen molar-refractivity contribution in [3.05, 3.63) is 30.1 Å². The predicted molar refractivity (Wildman–Crippen MR) is 59.4 cm³/mol. The van der Waals surface area contributed by atoms with E-state index in [0.717, 1.165) is 12.1 Å². The summed E-state index contributed by atoms with van der Waals surface area (Å²) in [5, 5.41) is 3.82. The molecule has 0 spiro atoms. The van der Waals surface area contributed by atoms with E-state index in [-0.39, 0.29) is 11.8 Å². The quantitative estimate of drug-likeness (QED) is 0.599. The van der Waals surface area contributed by atoms with Crippen LogP contribution in [0.3, 0.4) is 0 Å². The lowest BCUT2D eigenvalue weighted by Gasteiger charge is -2.04.